The van der Waals surface area contributed by atoms with E-state index in [1.807, 2.05) is 0 Å². The second kappa shape index (κ2) is 6.89. The Morgan fingerprint density at radius 3 is 2.50 bits per heavy atom. The van der Waals surface area contributed by atoms with E-state index in [0.29, 0.717) is 31.4 Å². The molecular weight excluding hydrogens is 367 g/mol. The van der Waals surface area contributed by atoms with Gasteiger partial charge < -0.3 is 5.11 Å². The molecule has 1 saturated heterocycles. The van der Waals surface area contributed by atoms with Crippen LogP contribution in [0.5, 0.6) is 5.75 Å². The number of phenolic OH excluding ortho intramolecular Hbond substituents is 1. The number of carbonyl (C=O) groups excluding carboxylic acids is 1. The van der Waals surface area contributed by atoms with E-state index in [0.717, 1.165) is 0 Å². The Bertz CT molecular complexity index is 863. The van der Waals surface area contributed by atoms with Crippen LogP contribution < -0.4 is 0 Å². The molecule has 0 spiro atoms. The zero-order chi connectivity index (χ0) is 17.3. The highest BCUT2D eigenvalue weighted by Crippen LogP contribution is 2.35. The molecule has 122 valence electrons. The fourth-order valence-electron chi connectivity index (χ4n) is 2.06. The SMILES string of the molecule is CN1C(=O)/C(=C\c2cc(Cl)ccc2O)SC1=Nc1ccc(Cl)cc1. The molecule has 24 heavy (non-hydrogen) atoms. The molecule has 1 N–H and O–H groups in total. The van der Waals surface area contributed by atoms with Gasteiger partial charge in [-0.3, -0.25) is 9.69 Å². The maximum Gasteiger partial charge on any atom is 0.266 e. The lowest BCUT2D eigenvalue weighted by atomic mass is 10.2. The Labute approximate surface area is 153 Å². The summed E-state index contributed by atoms with van der Waals surface area (Å²) < 4.78 is 0. The number of likely N-dealkylation sites (N-methyl/N-ethyl adjacent to an activating group) is 1. The number of aliphatic imine (C=N–C) groups is 1. The monoisotopic (exact) mass is 378 g/mol. The number of carbonyl (C=O) groups is 1. The molecule has 1 fully saturated rings. The summed E-state index contributed by atoms with van der Waals surface area (Å²) in [6.07, 6.45) is 1.61. The van der Waals surface area contributed by atoms with Crippen LogP contribution in [0, 0.1) is 0 Å². The third-order valence-corrected chi connectivity index (χ3v) is 4.88. The first kappa shape index (κ1) is 16.9. The molecule has 7 heteroatoms. The highest BCUT2D eigenvalue weighted by atomic mass is 35.5. The van der Waals surface area contributed by atoms with E-state index >= 15 is 0 Å². The van der Waals surface area contributed by atoms with Crippen molar-refractivity contribution in [3.63, 3.8) is 0 Å². The van der Waals surface area contributed by atoms with Gasteiger partial charge in [-0.05, 0) is 60.3 Å². The minimum Gasteiger partial charge on any atom is -0.507 e. The van der Waals surface area contributed by atoms with E-state index < -0.39 is 0 Å². The number of aromatic hydroxyl groups is 1. The Kier molecular flexibility index (Phi) is 4.85. The van der Waals surface area contributed by atoms with E-state index in [-0.39, 0.29) is 11.7 Å². The molecule has 1 heterocycles. The number of halogens is 2. The van der Waals surface area contributed by atoms with Crippen LogP contribution in [0.2, 0.25) is 10.0 Å². The van der Waals surface area contributed by atoms with Crippen LogP contribution in [0.25, 0.3) is 6.08 Å². The minimum absolute atomic E-state index is 0.0612. The van der Waals surface area contributed by atoms with Crippen molar-refractivity contribution in [1.82, 2.24) is 4.90 Å². The zero-order valence-electron chi connectivity index (χ0n) is 12.5. The average Bonchev–Trinajstić information content (AvgIpc) is 2.81. The third-order valence-electron chi connectivity index (χ3n) is 3.33. The van der Waals surface area contributed by atoms with E-state index in [1.54, 1.807) is 49.5 Å². The van der Waals surface area contributed by atoms with Gasteiger partial charge >= 0.3 is 0 Å². The van der Waals surface area contributed by atoms with Crippen molar-refractivity contribution in [2.75, 3.05) is 7.05 Å². The highest BCUT2D eigenvalue weighted by Gasteiger charge is 2.30. The number of hydrogen-bond acceptors (Lipinski definition) is 4. The summed E-state index contributed by atoms with van der Waals surface area (Å²) in [5.41, 5.74) is 1.19. The Morgan fingerprint density at radius 2 is 1.79 bits per heavy atom. The summed E-state index contributed by atoms with van der Waals surface area (Å²) in [6.45, 7) is 0. The van der Waals surface area contributed by atoms with Gasteiger partial charge in [0.1, 0.15) is 5.75 Å². The van der Waals surface area contributed by atoms with E-state index in [2.05, 4.69) is 4.99 Å². The number of thioether (sulfide) groups is 1. The molecule has 0 bridgehead atoms. The largest absolute Gasteiger partial charge is 0.507 e. The number of amidine groups is 1. The standard InChI is InChI=1S/C17H12Cl2N2O2S/c1-21-16(23)15(9-10-8-12(19)4-7-14(10)22)24-17(21)20-13-5-2-11(18)3-6-13/h2-9,22H,1H3/b15-9+,20-17?. The Balaban J connectivity index is 1.92. The maximum atomic E-state index is 12.4. The predicted octanol–water partition coefficient (Wildman–Crippen LogP) is 4.93. The van der Waals surface area contributed by atoms with Gasteiger partial charge in [0.05, 0.1) is 10.6 Å². The molecule has 4 nitrogen and oxygen atoms in total. The number of benzene rings is 2. The van der Waals surface area contributed by atoms with E-state index in [4.69, 9.17) is 23.2 Å². The van der Waals surface area contributed by atoms with Crippen LogP contribution in [0.3, 0.4) is 0 Å². The molecule has 0 radical (unpaired) electrons. The lowest BCUT2D eigenvalue weighted by Crippen LogP contribution is -2.23. The normalized spacial score (nSPS) is 18.0. The van der Waals surface area contributed by atoms with Gasteiger partial charge in [0.2, 0.25) is 0 Å². The summed E-state index contributed by atoms with van der Waals surface area (Å²) in [5, 5.41) is 11.6. The first-order chi connectivity index (χ1) is 11.4. The minimum atomic E-state index is -0.188. The van der Waals surface area contributed by atoms with Gasteiger partial charge in [-0.15, -0.1) is 0 Å². The number of nitrogens with zero attached hydrogens (tertiary/aromatic N) is 2. The number of rotatable bonds is 2. The molecule has 1 amide bonds. The molecule has 3 rings (SSSR count). The molecule has 0 aromatic heterocycles. The topological polar surface area (TPSA) is 52.9 Å². The summed E-state index contributed by atoms with van der Waals surface area (Å²) in [4.78, 5) is 18.8. The lowest BCUT2D eigenvalue weighted by molar-refractivity contribution is -0.121. The van der Waals surface area contributed by atoms with Crippen molar-refractivity contribution in [2.45, 2.75) is 0 Å². The summed E-state index contributed by atoms with van der Waals surface area (Å²) >= 11 is 13.0. The van der Waals surface area contributed by atoms with Crippen LogP contribution in [-0.2, 0) is 4.79 Å². The Hall–Kier alpha value is -1.95. The average molecular weight is 379 g/mol. The van der Waals surface area contributed by atoms with Gasteiger partial charge in [0.15, 0.2) is 5.17 Å². The molecule has 0 saturated carbocycles. The number of phenols is 1. The first-order valence-electron chi connectivity index (χ1n) is 6.94. The molecular formula is C17H12Cl2N2O2S. The number of hydrogen-bond donors (Lipinski definition) is 1. The smallest absolute Gasteiger partial charge is 0.266 e. The molecule has 2 aromatic rings. The third kappa shape index (κ3) is 3.59. The first-order valence-corrected chi connectivity index (χ1v) is 8.51. The summed E-state index contributed by atoms with van der Waals surface area (Å²) in [7, 11) is 1.66. The van der Waals surface area contributed by atoms with E-state index in [1.165, 1.54) is 22.7 Å². The van der Waals surface area contributed by atoms with Crippen molar-refractivity contribution < 1.29 is 9.90 Å². The highest BCUT2D eigenvalue weighted by molar-refractivity contribution is 8.18. The van der Waals surface area contributed by atoms with Crippen molar-refractivity contribution in [3.05, 3.63) is 63.0 Å². The maximum absolute atomic E-state index is 12.4. The fourth-order valence-corrected chi connectivity index (χ4v) is 3.34. The molecule has 1 aliphatic rings. The quantitative estimate of drug-likeness (QED) is 0.753. The van der Waals surface area contributed by atoms with Crippen LogP contribution >= 0.6 is 35.0 Å². The van der Waals surface area contributed by atoms with Gasteiger partial charge in [-0.2, -0.15) is 0 Å². The summed E-state index contributed by atoms with van der Waals surface area (Å²) in [5.74, 6) is -0.127. The van der Waals surface area contributed by atoms with Crippen LogP contribution in [0.4, 0.5) is 5.69 Å². The van der Waals surface area contributed by atoms with Crippen molar-refractivity contribution in [1.29, 1.82) is 0 Å². The van der Waals surface area contributed by atoms with Crippen molar-refractivity contribution >= 4 is 57.8 Å². The molecule has 2 aromatic carbocycles. The predicted molar refractivity (Wildman–Crippen MR) is 100 cm³/mol. The van der Waals surface area contributed by atoms with Crippen molar-refractivity contribution in [2.24, 2.45) is 4.99 Å². The van der Waals surface area contributed by atoms with E-state index in [9.17, 15) is 9.90 Å². The van der Waals surface area contributed by atoms with Gasteiger partial charge in [0, 0.05) is 22.7 Å². The fraction of sp³-hybridized carbons (Fsp3) is 0.0588. The van der Waals surface area contributed by atoms with Crippen molar-refractivity contribution in [3.8, 4) is 5.75 Å². The Morgan fingerprint density at radius 1 is 1.12 bits per heavy atom. The summed E-state index contributed by atoms with van der Waals surface area (Å²) in [6, 6.07) is 11.7. The molecule has 0 atom stereocenters. The van der Waals surface area contributed by atoms with Crippen LogP contribution in [-0.4, -0.2) is 28.1 Å². The van der Waals surface area contributed by atoms with Crippen LogP contribution in [0.1, 0.15) is 5.56 Å². The van der Waals surface area contributed by atoms with Gasteiger partial charge in [-0.25, -0.2) is 4.99 Å². The van der Waals surface area contributed by atoms with Crippen LogP contribution in [0.15, 0.2) is 52.4 Å². The molecule has 0 unspecified atom stereocenters. The second-order valence-electron chi connectivity index (χ2n) is 5.05. The van der Waals surface area contributed by atoms with Gasteiger partial charge in [-0.1, -0.05) is 23.2 Å². The number of amides is 1. The molecule has 1 aliphatic heterocycles. The zero-order valence-corrected chi connectivity index (χ0v) is 14.9. The lowest BCUT2D eigenvalue weighted by Gasteiger charge is -2.07. The van der Waals surface area contributed by atoms with Gasteiger partial charge in [0.25, 0.3) is 5.91 Å². The molecule has 0 aliphatic carbocycles. The second-order valence-corrected chi connectivity index (χ2v) is 6.93.